The van der Waals surface area contributed by atoms with Gasteiger partial charge in [0.25, 0.3) is 0 Å². The zero-order valence-corrected chi connectivity index (χ0v) is 12.1. The number of benzene rings is 1. The molecule has 1 heterocycles. The minimum absolute atomic E-state index is 0.230. The Labute approximate surface area is 124 Å². The van der Waals surface area contributed by atoms with Crippen molar-refractivity contribution >= 4 is 11.6 Å². The maximum Gasteiger partial charge on any atom is 0.128 e. The van der Waals surface area contributed by atoms with Crippen LogP contribution in [0.25, 0.3) is 0 Å². The average molecular weight is 297 g/mol. The number of hydrogen-bond acceptors (Lipinski definition) is 2. The van der Waals surface area contributed by atoms with E-state index in [0.717, 1.165) is 32.3 Å². The summed E-state index contributed by atoms with van der Waals surface area (Å²) in [6.07, 6.45) is 4.56. The normalized spacial score (nSPS) is 17.6. The third-order valence-corrected chi connectivity index (χ3v) is 3.27. The minimum atomic E-state index is -0.347. The molecule has 1 unspecified atom stereocenters. The van der Waals surface area contributed by atoms with Crippen molar-refractivity contribution in [2.24, 2.45) is 0 Å². The second-order valence-electron chi connectivity index (χ2n) is 4.74. The van der Waals surface area contributed by atoms with Crippen LogP contribution in [0.2, 0.25) is 0 Å². The maximum atomic E-state index is 13.4. The molecule has 2 nitrogen and oxygen atoms in total. The highest BCUT2D eigenvalue weighted by Gasteiger charge is 2.14. The molecular formula is C16H18ClFO2. The summed E-state index contributed by atoms with van der Waals surface area (Å²) in [5.41, 5.74) is 0.583. The van der Waals surface area contributed by atoms with Gasteiger partial charge in [0.2, 0.25) is 0 Å². The first kappa shape index (κ1) is 15.2. The largest absolute Gasteiger partial charge is 0.493 e. The van der Waals surface area contributed by atoms with Crippen LogP contribution in [0.15, 0.2) is 18.2 Å². The molecule has 1 aliphatic rings. The molecule has 0 aromatic heterocycles. The van der Waals surface area contributed by atoms with Crippen LogP contribution < -0.4 is 4.74 Å². The summed E-state index contributed by atoms with van der Waals surface area (Å²) in [4.78, 5) is 0. The Balaban J connectivity index is 1.80. The van der Waals surface area contributed by atoms with Gasteiger partial charge in [-0.3, -0.25) is 0 Å². The lowest BCUT2D eigenvalue weighted by Crippen LogP contribution is -2.07. The number of ether oxygens (including phenoxy) is 2. The van der Waals surface area contributed by atoms with E-state index in [1.807, 2.05) is 0 Å². The second-order valence-corrected chi connectivity index (χ2v) is 5.00. The van der Waals surface area contributed by atoms with Gasteiger partial charge in [0.15, 0.2) is 0 Å². The fourth-order valence-electron chi connectivity index (χ4n) is 2.23. The molecule has 20 heavy (non-hydrogen) atoms. The highest BCUT2D eigenvalue weighted by atomic mass is 35.5. The first-order valence-corrected chi connectivity index (χ1v) is 7.41. The van der Waals surface area contributed by atoms with E-state index in [1.165, 1.54) is 12.1 Å². The molecule has 108 valence electrons. The minimum Gasteiger partial charge on any atom is -0.493 e. The topological polar surface area (TPSA) is 18.5 Å². The maximum absolute atomic E-state index is 13.4. The van der Waals surface area contributed by atoms with Crippen molar-refractivity contribution in [2.45, 2.75) is 31.8 Å². The Bertz CT molecular complexity index is 487. The van der Waals surface area contributed by atoms with E-state index in [2.05, 4.69) is 11.8 Å². The van der Waals surface area contributed by atoms with E-state index in [1.54, 1.807) is 6.07 Å². The Morgan fingerprint density at radius 2 is 2.30 bits per heavy atom. The zero-order chi connectivity index (χ0) is 14.2. The molecule has 1 aromatic rings. The van der Waals surface area contributed by atoms with Crippen LogP contribution in [-0.2, 0) is 4.74 Å². The van der Waals surface area contributed by atoms with Gasteiger partial charge in [0.05, 0.1) is 18.6 Å². The van der Waals surface area contributed by atoms with Crippen LogP contribution in [0, 0.1) is 17.7 Å². The molecule has 0 bridgehead atoms. The van der Waals surface area contributed by atoms with Crippen molar-refractivity contribution in [3.05, 3.63) is 29.6 Å². The molecule has 1 atom stereocenters. The van der Waals surface area contributed by atoms with Gasteiger partial charge in [0.1, 0.15) is 11.6 Å². The SMILES string of the molecule is Fc1cc(C#CCCl)cc(OCCCC2CCCO2)c1. The lowest BCUT2D eigenvalue weighted by molar-refractivity contribution is 0.0981. The van der Waals surface area contributed by atoms with E-state index in [4.69, 9.17) is 21.1 Å². The van der Waals surface area contributed by atoms with Gasteiger partial charge in [0, 0.05) is 18.2 Å². The highest BCUT2D eigenvalue weighted by Crippen LogP contribution is 2.19. The van der Waals surface area contributed by atoms with E-state index in [-0.39, 0.29) is 11.7 Å². The monoisotopic (exact) mass is 296 g/mol. The molecule has 1 saturated heterocycles. The highest BCUT2D eigenvalue weighted by molar-refractivity contribution is 6.19. The summed E-state index contributed by atoms with van der Waals surface area (Å²) >= 11 is 5.49. The molecule has 1 aromatic carbocycles. The van der Waals surface area contributed by atoms with Crippen LogP contribution in [-0.4, -0.2) is 25.2 Å². The zero-order valence-electron chi connectivity index (χ0n) is 11.3. The van der Waals surface area contributed by atoms with Crippen molar-refractivity contribution in [1.29, 1.82) is 0 Å². The molecule has 0 saturated carbocycles. The molecule has 0 N–H and O–H groups in total. The Hall–Kier alpha value is -1.24. The number of halogens is 2. The molecule has 0 amide bonds. The molecule has 2 rings (SSSR count). The van der Waals surface area contributed by atoms with E-state index < -0.39 is 0 Å². The van der Waals surface area contributed by atoms with Crippen LogP contribution in [0.4, 0.5) is 4.39 Å². The smallest absolute Gasteiger partial charge is 0.128 e. The van der Waals surface area contributed by atoms with Crippen molar-refractivity contribution in [3.63, 3.8) is 0 Å². The van der Waals surface area contributed by atoms with E-state index in [0.29, 0.717) is 24.0 Å². The fraction of sp³-hybridized carbons (Fsp3) is 0.500. The predicted molar refractivity (Wildman–Crippen MR) is 77.7 cm³/mol. The molecule has 1 aliphatic heterocycles. The van der Waals surface area contributed by atoms with Crippen LogP contribution in [0.3, 0.4) is 0 Å². The van der Waals surface area contributed by atoms with Crippen LogP contribution in [0.1, 0.15) is 31.2 Å². The fourth-order valence-corrected chi connectivity index (χ4v) is 2.29. The van der Waals surface area contributed by atoms with Crippen molar-refractivity contribution in [1.82, 2.24) is 0 Å². The summed E-state index contributed by atoms with van der Waals surface area (Å²) in [5, 5.41) is 0. The molecule has 0 radical (unpaired) electrons. The first-order valence-electron chi connectivity index (χ1n) is 6.88. The number of hydrogen-bond donors (Lipinski definition) is 0. The summed E-state index contributed by atoms with van der Waals surface area (Å²) in [6, 6.07) is 4.48. The molecule has 1 fully saturated rings. The Kier molecular flexibility index (Phi) is 6.17. The van der Waals surface area contributed by atoms with Gasteiger partial charge in [-0.25, -0.2) is 4.39 Å². The molecule has 0 spiro atoms. The average Bonchev–Trinajstić information content (AvgIpc) is 2.94. The van der Waals surface area contributed by atoms with Gasteiger partial charge in [-0.2, -0.15) is 0 Å². The second kappa shape index (κ2) is 8.14. The Morgan fingerprint density at radius 3 is 3.05 bits per heavy atom. The van der Waals surface area contributed by atoms with Gasteiger partial charge in [-0.15, -0.1) is 11.6 Å². The van der Waals surface area contributed by atoms with Crippen LogP contribution >= 0.6 is 11.6 Å². The molecule has 4 heteroatoms. The number of rotatable bonds is 5. The third kappa shape index (κ3) is 5.03. The van der Waals surface area contributed by atoms with Crippen molar-refractivity contribution in [2.75, 3.05) is 19.1 Å². The standard InChI is InChI=1S/C16H18ClFO2/c17-7-1-4-13-10-14(18)12-16(11-13)20-9-3-6-15-5-2-8-19-15/h10-12,15H,2-3,5-9H2. The lowest BCUT2D eigenvalue weighted by atomic mass is 10.1. The first-order chi connectivity index (χ1) is 9.78. The Morgan fingerprint density at radius 1 is 1.40 bits per heavy atom. The van der Waals surface area contributed by atoms with Gasteiger partial charge in [-0.1, -0.05) is 11.8 Å². The van der Waals surface area contributed by atoms with Crippen LogP contribution in [0.5, 0.6) is 5.75 Å². The number of alkyl halides is 1. The van der Waals surface area contributed by atoms with Crippen molar-refractivity contribution in [3.8, 4) is 17.6 Å². The van der Waals surface area contributed by atoms with Gasteiger partial charge < -0.3 is 9.47 Å². The molecular weight excluding hydrogens is 279 g/mol. The summed E-state index contributed by atoms with van der Waals surface area (Å²) < 4.78 is 24.5. The van der Waals surface area contributed by atoms with Gasteiger partial charge >= 0.3 is 0 Å². The lowest BCUT2D eigenvalue weighted by Gasteiger charge is -2.10. The summed E-state index contributed by atoms with van der Waals surface area (Å²) in [5.74, 6) is 5.88. The summed E-state index contributed by atoms with van der Waals surface area (Å²) in [6.45, 7) is 1.43. The molecule has 0 aliphatic carbocycles. The van der Waals surface area contributed by atoms with E-state index in [9.17, 15) is 4.39 Å². The van der Waals surface area contributed by atoms with E-state index >= 15 is 0 Å². The quantitative estimate of drug-likeness (QED) is 0.468. The van der Waals surface area contributed by atoms with Gasteiger partial charge in [-0.05, 0) is 37.8 Å². The third-order valence-electron chi connectivity index (χ3n) is 3.13. The summed E-state index contributed by atoms with van der Waals surface area (Å²) in [7, 11) is 0. The van der Waals surface area contributed by atoms with Crippen molar-refractivity contribution < 1.29 is 13.9 Å². The predicted octanol–water partition coefficient (Wildman–Crippen LogP) is 3.75.